The van der Waals surface area contributed by atoms with E-state index in [0.717, 1.165) is 0 Å². The van der Waals surface area contributed by atoms with Crippen LogP contribution in [0.2, 0.25) is 0 Å². The fourth-order valence-corrected chi connectivity index (χ4v) is 2.63. The second kappa shape index (κ2) is 5.20. The summed E-state index contributed by atoms with van der Waals surface area (Å²) in [6, 6.07) is 6.26. The third-order valence-corrected chi connectivity index (χ3v) is 3.85. The molecule has 2 aromatic rings. The van der Waals surface area contributed by atoms with E-state index in [0.29, 0.717) is 42.8 Å². The molecule has 1 fully saturated rings. The van der Waals surface area contributed by atoms with Gasteiger partial charge < -0.3 is 14.8 Å². The molecule has 5 nitrogen and oxygen atoms in total. The van der Waals surface area contributed by atoms with Gasteiger partial charge in [-0.1, -0.05) is 6.07 Å². The minimum absolute atomic E-state index is 0.0229. The molecule has 0 aliphatic carbocycles. The van der Waals surface area contributed by atoms with Crippen LogP contribution in [0.3, 0.4) is 0 Å². The number of nitrogens with zero attached hydrogens (tertiary/aromatic N) is 2. The number of benzene rings is 1. The van der Waals surface area contributed by atoms with Crippen molar-refractivity contribution in [3.05, 3.63) is 35.8 Å². The zero-order valence-corrected chi connectivity index (χ0v) is 11.7. The molecule has 1 aliphatic heterocycles. The highest BCUT2D eigenvalue weighted by molar-refractivity contribution is 5.98. The van der Waals surface area contributed by atoms with E-state index in [1.165, 1.54) is 13.0 Å². The van der Waals surface area contributed by atoms with Crippen LogP contribution >= 0.6 is 0 Å². The average molecular weight is 289 g/mol. The number of aromatic amines is 1. The normalized spacial score (nSPS) is 15.5. The molecule has 110 valence electrons. The fraction of sp³-hybridized carbons (Fsp3) is 0.333. The first kappa shape index (κ1) is 13.6. The van der Waals surface area contributed by atoms with E-state index in [2.05, 4.69) is 4.98 Å². The number of amides is 2. The lowest BCUT2D eigenvalue weighted by atomic mass is 10.2. The third-order valence-electron chi connectivity index (χ3n) is 3.85. The smallest absolute Gasteiger partial charge is 0.270 e. The van der Waals surface area contributed by atoms with Crippen molar-refractivity contribution in [2.45, 2.75) is 6.92 Å². The van der Waals surface area contributed by atoms with E-state index in [-0.39, 0.29) is 17.6 Å². The molecule has 1 N–H and O–H groups in total. The summed E-state index contributed by atoms with van der Waals surface area (Å²) < 4.78 is 13.7. The molecule has 3 rings (SSSR count). The first-order chi connectivity index (χ1) is 10.1. The number of hydrogen-bond acceptors (Lipinski definition) is 2. The molecule has 0 atom stereocenters. The summed E-state index contributed by atoms with van der Waals surface area (Å²) in [5.41, 5.74) is 0.993. The van der Waals surface area contributed by atoms with Crippen LogP contribution in [0.5, 0.6) is 0 Å². The van der Waals surface area contributed by atoms with Crippen LogP contribution in [0, 0.1) is 5.82 Å². The summed E-state index contributed by atoms with van der Waals surface area (Å²) in [6.07, 6.45) is 0. The Morgan fingerprint density at radius 2 is 1.81 bits per heavy atom. The highest BCUT2D eigenvalue weighted by atomic mass is 19.1. The molecule has 0 radical (unpaired) electrons. The second-order valence-corrected chi connectivity index (χ2v) is 5.18. The molecular weight excluding hydrogens is 273 g/mol. The molecule has 2 amide bonds. The fourth-order valence-electron chi connectivity index (χ4n) is 2.63. The molecule has 0 bridgehead atoms. The number of hydrogen-bond donors (Lipinski definition) is 1. The van der Waals surface area contributed by atoms with Gasteiger partial charge in [0.2, 0.25) is 5.91 Å². The van der Waals surface area contributed by atoms with Crippen LogP contribution in [0.4, 0.5) is 4.39 Å². The Morgan fingerprint density at radius 1 is 1.14 bits per heavy atom. The first-order valence-electron chi connectivity index (χ1n) is 6.88. The highest BCUT2D eigenvalue weighted by Crippen LogP contribution is 2.20. The van der Waals surface area contributed by atoms with Crippen molar-refractivity contribution >= 4 is 22.7 Å². The molecular formula is C15H16FN3O2. The number of aromatic nitrogens is 1. The Morgan fingerprint density at radius 3 is 2.43 bits per heavy atom. The monoisotopic (exact) mass is 289 g/mol. The molecule has 1 aromatic carbocycles. The molecule has 0 spiro atoms. The van der Waals surface area contributed by atoms with Crippen molar-refractivity contribution in [3.63, 3.8) is 0 Å². The molecule has 1 saturated heterocycles. The number of carbonyl (C=O) groups is 2. The maximum absolute atomic E-state index is 13.7. The summed E-state index contributed by atoms with van der Waals surface area (Å²) >= 11 is 0. The zero-order valence-electron chi connectivity index (χ0n) is 11.7. The first-order valence-corrected chi connectivity index (χ1v) is 6.88. The summed E-state index contributed by atoms with van der Waals surface area (Å²) in [4.78, 5) is 30.1. The van der Waals surface area contributed by atoms with Gasteiger partial charge in [0.15, 0.2) is 0 Å². The van der Waals surface area contributed by atoms with Crippen LogP contribution in [0.1, 0.15) is 17.4 Å². The van der Waals surface area contributed by atoms with Crippen LogP contribution in [0.25, 0.3) is 10.9 Å². The van der Waals surface area contributed by atoms with Crippen molar-refractivity contribution in [2.24, 2.45) is 0 Å². The van der Waals surface area contributed by atoms with Crippen LogP contribution in [-0.2, 0) is 4.79 Å². The predicted molar refractivity (Wildman–Crippen MR) is 76.4 cm³/mol. The molecule has 2 heterocycles. The zero-order chi connectivity index (χ0) is 15.0. The Balaban J connectivity index is 1.78. The Kier molecular flexibility index (Phi) is 3.37. The van der Waals surface area contributed by atoms with Gasteiger partial charge in [0.25, 0.3) is 5.91 Å². The van der Waals surface area contributed by atoms with E-state index in [9.17, 15) is 14.0 Å². The molecule has 0 saturated carbocycles. The van der Waals surface area contributed by atoms with E-state index in [4.69, 9.17) is 0 Å². The van der Waals surface area contributed by atoms with Gasteiger partial charge in [-0.15, -0.1) is 0 Å². The number of nitrogens with one attached hydrogen (secondary N) is 1. The van der Waals surface area contributed by atoms with E-state index in [1.807, 2.05) is 0 Å². The Bertz CT molecular complexity index is 702. The van der Waals surface area contributed by atoms with Gasteiger partial charge >= 0.3 is 0 Å². The van der Waals surface area contributed by atoms with Gasteiger partial charge in [-0.3, -0.25) is 9.59 Å². The van der Waals surface area contributed by atoms with Crippen molar-refractivity contribution in [1.29, 1.82) is 0 Å². The third kappa shape index (κ3) is 2.49. The number of rotatable bonds is 1. The highest BCUT2D eigenvalue weighted by Gasteiger charge is 2.24. The second-order valence-electron chi connectivity index (χ2n) is 5.18. The van der Waals surface area contributed by atoms with Gasteiger partial charge in [0, 0.05) is 44.0 Å². The lowest BCUT2D eigenvalue weighted by molar-refractivity contribution is -0.130. The van der Waals surface area contributed by atoms with Gasteiger partial charge in [0.1, 0.15) is 11.5 Å². The van der Waals surface area contributed by atoms with Crippen LogP contribution in [0.15, 0.2) is 24.3 Å². The van der Waals surface area contributed by atoms with E-state index in [1.54, 1.807) is 28.0 Å². The number of fused-ring (bicyclic) bond motifs is 1. The predicted octanol–water partition coefficient (Wildman–Crippen LogP) is 1.61. The molecule has 1 aromatic heterocycles. The quantitative estimate of drug-likeness (QED) is 0.867. The van der Waals surface area contributed by atoms with E-state index < -0.39 is 0 Å². The number of halogens is 1. The van der Waals surface area contributed by atoms with Crippen LogP contribution < -0.4 is 0 Å². The van der Waals surface area contributed by atoms with E-state index >= 15 is 0 Å². The maximum Gasteiger partial charge on any atom is 0.270 e. The van der Waals surface area contributed by atoms with Crippen molar-refractivity contribution < 1.29 is 14.0 Å². The number of carbonyl (C=O) groups excluding carboxylic acids is 2. The maximum atomic E-state index is 13.7. The van der Waals surface area contributed by atoms with Gasteiger partial charge in [-0.05, 0) is 18.2 Å². The van der Waals surface area contributed by atoms with Crippen molar-refractivity contribution in [1.82, 2.24) is 14.8 Å². The summed E-state index contributed by atoms with van der Waals surface area (Å²) in [6.45, 7) is 3.59. The molecule has 21 heavy (non-hydrogen) atoms. The van der Waals surface area contributed by atoms with Crippen molar-refractivity contribution in [3.8, 4) is 0 Å². The largest absolute Gasteiger partial charge is 0.350 e. The summed E-state index contributed by atoms with van der Waals surface area (Å²) in [7, 11) is 0. The minimum atomic E-state index is -0.343. The van der Waals surface area contributed by atoms with Crippen molar-refractivity contribution in [2.75, 3.05) is 26.2 Å². The molecule has 0 unspecified atom stereocenters. The molecule has 1 aliphatic rings. The van der Waals surface area contributed by atoms with Crippen LogP contribution in [-0.4, -0.2) is 52.8 Å². The van der Waals surface area contributed by atoms with Gasteiger partial charge in [0.05, 0.1) is 0 Å². The number of piperazine rings is 1. The Labute approximate surface area is 121 Å². The standard InChI is InChI=1S/C15H16FN3O2/c1-10(20)18-5-7-19(8-6-18)15(21)14-9-11-12(16)3-2-4-13(11)17-14/h2-4,9,17H,5-8H2,1H3. The van der Waals surface area contributed by atoms with Gasteiger partial charge in [-0.2, -0.15) is 0 Å². The molecule has 6 heteroatoms. The SMILES string of the molecule is CC(=O)N1CCN(C(=O)c2cc3c(F)cccc3[nH]2)CC1. The summed E-state index contributed by atoms with van der Waals surface area (Å²) in [5.74, 6) is -0.479. The average Bonchev–Trinajstić information content (AvgIpc) is 2.92. The Hall–Kier alpha value is -2.37. The summed E-state index contributed by atoms with van der Waals surface area (Å²) in [5, 5.41) is 0.420. The minimum Gasteiger partial charge on any atom is -0.350 e. The topological polar surface area (TPSA) is 56.4 Å². The lowest BCUT2D eigenvalue weighted by Crippen LogP contribution is -2.50. The number of H-pyrrole nitrogens is 1. The van der Waals surface area contributed by atoms with Gasteiger partial charge in [-0.25, -0.2) is 4.39 Å². The lowest BCUT2D eigenvalue weighted by Gasteiger charge is -2.33.